The molecule has 1 fully saturated rings. The summed E-state index contributed by atoms with van der Waals surface area (Å²) in [6.07, 6.45) is 3.96. The fraction of sp³-hybridized carbons (Fsp3) is 0.652. The standard InChI is InChI=1S/C23H38N4O4/c1-26(2)22(28)18-25-23(24-13-10-19-6-8-20(30-4)9-7-19)27-14-11-21(12-15-27)31-17-5-16-29-3/h6-9,21H,5,10-18H2,1-4H3,(H,24,25). The number of hydrogen-bond acceptors (Lipinski definition) is 5. The zero-order chi connectivity index (χ0) is 22.5. The Bertz CT molecular complexity index is 671. The Morgan fingerprint density at radius 3 is 2.48 bits per heavy atom. The van der Waals surface area contributed by atoms with Gasteiger partial charge in [0.1, 0.15) is 12.3 Å². The minimum Gasteiger partial charge on any atom is -0.497 e. The molecule has 8 heteroatoms. The van der Waals surface area contributed by atoms with E-state index in [4.69, 9.17) is 14.2 Å². The second-order valence-corrected chi connectivity index (χ2v) is 7.86. The number of carbonyl (C=O) groups excluding carboxylic acids is 1. The molecule has 1 heterocycles. The molecule has 1 aromatic carbocycles. The summed E-state index contributed by atoms with van der Waals surface area (Å²) in [6, 6.07) is 8.08. The van der Waals surface area contributed by atoms with Gasteiger partial charge in [0.05, 0.1) is 13.2 Å². The molecule has 0 bridgehead atoms. The highest BCUT2D eigenvalue weighted by Gasteiger charge is 2.22. The number of rotatable bonds is 11. The van der Waals surface area contributed by atoms with Gasteiger partial charge in [0.25, 0.3) is 0 Å². The van der Waals surface area contributed by atoms with Crippen LogP contribution in [-0.2, 0) is 20.7 Å². The highest BCUT2D eigenvalue weighted by Crippen LogP contribution is 2.15. The van der Waals surface area contributed by atoms with Gasteiger partial charge in [-0.3, -0.25) is 4.79 Å². The van der Waals surface area contributed by atoms with Gasteiger partial charge in [-0.1, -0.05) is 12.1 Å². The Morgan fingerprint density at radius 1 is 1.16 bits per heavy atom. The third-order valence-corrected chi connectivity index (χ3v) is 5.31. The molecule has 31 heavy (non-hydrogen) atoms. The SMILES string of the molecule is COCCCOC1CCN(C(=NCC(=O)N(C)C)NCCc2ccc(OC)cc2)CC1. The van der Waals surface area contributed by atoms with Gasteiger partial charge in [-0.25, -0.2) is 4.99 Å². The fourth-order valence-electron chi connectivity index (χ4n) is 3.35. The maximum Gasteiger partial charge on any atom is 0.243 e. The average molecular weight is 435 g/mol. The van der Waals surface area contributed by atoms with Crippen LogP contribution in [-0.4, -0.2) is 95.5 Å². The first kappa shape index (κ1) is 24.9. The minimum absolute atomic E-state index is 0.00850. The number of methoxy groups -OCH3 is 2. The van der Waals surface area contributed by atoms with E-state index in [1.807, 2.05) is 12.1 Å². The summed E-state index contributed by atoms with van der Waals surface area (Å²) in [4.78, 5) is 20.4. The third-order valence-electron chi connectivity index (χ3n) is 5.31. The zero-order valence-electron chi connectivity index (χ0n) is 19.4. The van der Waals surface area contributed by atoms with Crippen LogP contribution in [0.4, 0.5) is 0 Å². The quantitative estimate of drug-likeness (QED) is 0.325. The molecular formula is C23H38N4O4. The number of guanidine groups is 1. The van der Waals surface area contributed by atoms with Crippen LogP contribution in [0, 0.1) is 0 Å². The normalized spacial score (nSPS) is 15.1. The number of likely N-dealkylation sites (tertiary alicyclic amines) is 1. The molecule has 1 N–H and O–H groups in total. The van der Waals surface area contributed by atoms with Crippen molar-refractivity contribution in [3.8, 4) is 5.75 Å². The molecule has 1 aliphatic rings. The molecule has 0 radical (unpaired) electrons. The van der Waals surface area contributed by atoms with E-state index < -0.39 is 0 Å². The molecule has 1 aliphatic heterocycles. The van der Waals surface area contributed by atoms with Crippen molar-refractivity contribution in [2.75, 3.05) is 67.7 Å². The van der Waals surface area contributed by atoms with E-state index in [2.05, 4.69) is 27.3 Å². The molecule has 0 atom stereocenters. The Hall–Kier alpha value is -2.32. The lowest BCUT2D eigenvalue weighted by molar-refractivity contribution is -0.127. The summed E-state index contributed by atoms with van der Waals surface area (Å²) in [7, 11) is 6.88. The molecule has 1 amide bonds. The molecule has 2 rings (SSSR count). The summed E-state index contributed by atoms with van der Waals surface area (Å²) in [5.41, 5.74) is 1.22. The number of hydrogen-bond donors (Lipinski definition) is 1. The minimum atomic E-state index is -0.00850. The van der Waals surface area contributed by atoms with Crippen molar-refractivity contribution in [2.45, 2.75) is 31.8 Å². The second kappa shape index (κ2) is 13.9. The maximum absolute atomic E-state index is 12.0. The molecule has 1 aromatic rings. The first-order valence-corrected chi connectivity index (χ1v) is 11.0. The van der Waals surface area contributed by atoms with Crippen molar-refractivity contribution in [3.05, 3.63) is 29.8 Å². The molecule has 8 nitrogen and oxygen atoms in total. The van der Waals surface area contributed by atoms with E-state index in [1.165, 1.54) is 5.56 Å². The number of likely N-dealkylation sites (N-methyl/N-ethyl adjacent to an activating group) is 1. The van der Waals surface area contributed by atoms with Crippen LogP contribution in [0.1, 0.15) is 24.8 Å². The lowest BCUT2D eigenvalue weighted by atomic mass is 10.1. The molecule has 1 saturated heterocycles. The van der Waals surface area contributed by atoms with Gasteiger partial charge in [-0.2, -0.15) is 0 Å². The van der Waals surface area contributed by atoms with E-state index >= 15 is 0 Å². The number of aliphatic imine (C=N–C) groups is 1. The summed E-state index contributed by atoms with van der Waals surface area (Å²) >= 11 is 0. The smallest absolute Gasteiger partial charge is 0.243 e. The number of benzene rings is 1. The van der Waals surface area contributed by atoms with Gasteiger partial charge in [-0.05, 0) is 43.4 Å². The van der Waals surface area contributed by atoms with Crippen LogP contribution in [0.5, 0.6) is 5.75 Å². The first-order chi connectivity index (χ1) is 15.0. The summed E-state index contributed by atoms with van der Waals surface area (Å²) in [6.45, 7) is 4.07. The Balaban J connectivity index is 1.87. The van der Waals surface area contributed by atoms with Gasteiger partial charge in [-0.15, -0.1) is 0 Å². The molecule has 174 valence electrons. The van der Waals surface area contributed by atoms with Crippen LogP contribution in [0.25, 0.3) is 0 Å². The molecule has 0 aliphatic carbocycles. The van der Waals surface area contributed by atoms with E-state index in [0.29, 0.717) is 0 Å². The summed E-state index contributed by atoms with van der Waals surface area (Å²) in [5.74, 6) is 1.64. The van der Waals surface area contributed by atoms with Gasteiger partial charge in [0.15, 0.2) is 5.96 Å². The van der Waals surface area contributed by atoms with Crippen molar-refractivity contribution in [3.63, 3.8) is 0 Å². The number of piperidine rings is 1. The molecule has 0 saturated carbocycles. The molecular weight excluding hydrogens is 396 g/mol. The van der Waals surface area contributed by atoms with Crippen molar-refractivity contribution in [2.24, 2.45) is 4.99 Å². The van der Waals surface area contributed by atoms with Crippen molar-refractivity contribution >= 4 is 11.9 Å². The van der Waals surface area contributed by atoms with Crippen molar-refractivity contribution in [1.82, 2.24) is 15.1 Å². The molecule has 0 unspecified atom stereocenters. The number of amides is 1. The van der Waals surface area contributed by atoms with Crippen molar-refractivity contribution in [1.29, 1.82) is 0 Å². The monoisotopic (exact) mass is 434 g/mol. The Kier molecular flexibility index (Phi) is 11.2. The van der Waals surface area contributed by atoms with Gasteiger partial charge in [0.2, 0.25) is 5.91 Å². The summed E-state index contributed by atoms with van der Waals surface area (Å²) in [5, 5.41) is 3.45. The van der Waals surface area contributed by atoms with Crippen molar-refractivity contribution < 1.29 is 19.0 Å². The van der Waals surface area contributed by atoms with Crippen LogP contribution in [0.2, 0.25) is 0 Å². The van der Waals surface area contributed by atoms with Gasteiger partial charge < -0.3 is 29.3 Å². The molecule has 0 aromatic heterocycles. The van der Waals surface area contributed by atoms with Crippen LogP contribution in [0.15, 0.2) is 29.3 Å². The number of carbonyl (C=O) groups is 1. The average Bonchev–Trinajstić information content (AvgIpc) is 2.79. The van der Waals surface area contributed by atoms with Crippen LogP contribution < -0.4 is 10.1 Å². The Morgan fingerprint density at radius 2 is 1.87 bits per heavy atom. The van der Waals surface area contributed by atoms with E-state index in [0.717, 1.165) is 70.2 Å². The summed E-state index contributed by atoms with van der Waals surface area (Å²) < 4.78 is 16.3. The predicted octanol–water partition coefficient (Wildman–Crippen LogP) is 1.79. The van der Waals surface area contributed by atoms with Crippen LogP contribution >= 0.6 is 0 Å². The van der Waals surface area contributed by atoms with Gasteiger partial charge in [0, 0.05) is 54.1 Å². The van der Waals surface area contributed by atoms with Crippen LogP contribution in [0.3, 0.4) is 0 Å². The van der Waals surface area contributed by atoms with E-state index in [9.17, 15) is 4.79 Å². The number of ether oxygens (including phenoxy) is 3. The number of nitrogens with one attached hydrogen (secondary N) is 1. The first-order valence-electron chi connectivity index (χ1n) is 11.0. The number of nitrogens with zero attached hydrogens (tertiary/aromatic N) is 3. The highest BCUT2D eigenvalue weighted by atomic mass is 16.5. The molecule has 0 spiro atoms. The van der Waals surface area contributed by atoms with E-state index in [-0.39, 0.29) is 18.6 Å². The topological polar surface area (TPSA) is 75.6 Å². The predicted molar refractivity (Wildman–Crippen MR) is 123 cm³/mol. The fourth-order valence-corrected chi connectivity index (χ4v) is 3.35. The second-order valence-electron chi connectivity index (χ2n) is 7.86. The van der Waals surface area contributed by atoms with Gasteiger partial charge >= 0.3 is 0 Å². The lowest BCUT2D eigenvalue weighted by Gasteiger charge is -2.34. The third kappa shape index (κ3) is 9.14. The largest absolute Gasteiger partial charge is 0.497 e. The lowest BCUT2D eigenvalue weighted by Crippen LogP contribution is -2.48. The van der Waals surface area contributed by atoms with E-state index in [1.54, 1.807) is 33.2 Å². The highest BCUT2D eigenvalue weighted by molar-refractivity contribution is 5.84. The maximum atomic E-state index is 12.0. The zero-order valence-corrected chi connectivity index (χ0v) is 19.4. The Labute approximate surface area is 186 Å².